The maximum Gasteiger partial charge on any atom is 0.251 e. The lowest BCUT2D eigenvalue weighted by Crippen LogP contribution is -2.46. The molecule has 2 aliphatic rings. The monoisotopic (exact) mass is 450 g/mol. The standard InChI is InChI=1S/C24H27FN6O2/c1-2-16-10-20-21(28-23(16)32)9-15(12-26-20)14-30-5-7-31(8-6-30)17-3-4-22(27-13-17)29-24(33)18-11-19(18)25/h3-4,9-10,12-13,18-19H,2,5-8,11,14H2,1H3,(H,28,32)(H,27,29,33)/t18-,19+/m1/s1. The fourth-order valence-corrected chi connectivity index (χ4v) is 4.24. The molecule has 2 N–H and O–H groups in total. The number of nitrogens with one attached hydrogen (secondary N) is 2. The number of pyridine rings is 3. The van der Waals surface area contributed by atoms with Crippen LogP contribution in [0.25, 0.3) is 11.0 Å². The number of piperazine rings is 1. The van der Waals surface area contributed by atoms with Crippen LogP contribution >= 0.6 is 0 Å². The van der Waals surface area contributed by atoms with Crippen LogP contribution in [0.15, 0.2) is 41.5 Å². The number of anilines is 2. The fourth-order valence-electron chi connectivity index (χ4n) is 4.24. The van der Waals surface area contributed by atoms with E-state index in [2.05, 4.69) is 30.1 Å². The van der Waals surface area contributed by atoms with Crippen molar-refractivity contribution in [3.63, 3.8) is 0 Å². The van der Waals surface area contributed by atoms with Gasteiger partial charge in [-0.15, -0.1) is 0 Å². The Labute approximate surface area is 190 Å². The van der Waals surface area contributed by atoms with E-state index >= 15 is 0 Å². The Hall–Kier alpha value is -3.33. The van der Waals surface area contributed by atoms with Crippen LogP contribution in [-0.2, 0) is 17.8 Å². The van der Waals surface area contributed by atoms with Gasteiger partial charge in [-0.1, -0.05) is 6.92 Å². The van der Waals surface area contributed by atoms with E-state index in [-0.39, 0.29) is 11.5 Å². The third kappa shape index (κ3) is 4.73. The van der Waals surface area contributed by atoms with Gasteiger partial charge in [0.05, 0.1) is 28.8 Å². The molecule has 3 aromatic rings. The number of hydrogen-bond donors (Lipinski definition) is 2. The van der Waals surface area contributed by atoms with Crippen molar-refractivity contribution in [2.75, 3.05) is 36.4 Å². The molecule has 0 spiro atoms. The van der Waals surface area contributed by atoms with Crippen LogP contribution in [0.4, 0.5) is 15.9 Å². The number of carbonyl (C=O) groups excluding carboxylic acids is 1. The predicted octanol–water partition coefficient (Wildman–Crippen LogP) is 2.50. The Kier molecular flexibility index (Phi) is 5.80. The van der Waals surface area contributed by atoms with Crippen LogP contribution in [0.3, 0.4) is 0 Å². The van der Waals surface area contributed by atoms with E-state index in [1.807, 2.05) is 31.3 Å². The summed E-state index contributed by atoms with van der Waals surface area (Å²) in [6.07, 6.45) is 3.62. The van der Waals surface area contributed by atoms with E-state index in [9.17, 15) is 14.0 Å². The molecule has 1 aliphatic carbocycles. The van der Waals surface area contributed by atoms with Crippen LogP contribution in [-0.4, -0.2) is 58.1 Å². The summed E-state index contributed by atoms with van der Waals surface area (Å²) >= 11 is 0. The van der Waals surface area contributed by atoms with E-state index in [0.717, 1.165) is 60.6 Å². The highest BCUT2D eigenvalue weighted by Crippen LogP contribution is 2.34. The summed E-state index contributed by atoms with van der Waals surface area (Å²) in [5.74, 6) is -0.366. The van der Waals surface area contributed by atoms with Gasteiger partial charge >= 0.3 is 0 Å². The van der Waals surface area contributed by atoms with Gasteiger partial charge in [0, 0.05) is 44.5 Å². The SMILES string of the molecule is CCc1cc2ncc(CN3CCN(c4ccc(NC(=O)[C@@H]5C[C@@H]5F)nc4)CC3)cc2[nH]c1=O. The number of alkyl halides is 1. The highest BCUT2D eigenvalue weighted by Gasteiger charge is 2.43. The summed E-state index contributed by atoms with van der Waals surface area (Å²) in [6.45, 7) is 6.23. The summed E-state index contributed by atoms with van der Waals surface area (Å²) in [7, 11) is 0. The zero-order chi connectivity index (χ0) is 22.9. The Morgan fingerprint density at radius 3 is 2.64 bits per heavy atom. The molecule has 0 radical (unpaired) electrons. The minimum atomic E-state index is -1.01. The van der Waals surface area contributed by atoms with Gasteiger partial charge in [-0.25, -0.2) is 9.37 Å². The lowest BCUT2D eigenvalue weighted by molar-refractivity contribution is -0.117. The third-order valence-corrected chi connectivity index (χ3v) is 6.40. The number of nitrogens with zero attached hydrogens (tertiary/aromatic N) is 4. The first-order valence-corrected chi connectivity index (χ1v) is 11.4. The molecule has 172 valence electrons. The number of halogens is 1. The first kappa shape index (κ1) is 21.5. The highest BCUT2D eigenvalue weighted by atomic mass is 19.1. The first-order valence-electron chi connectivity index (χ1n) is 11.4. The van der Waals surface area contributed by atoms with Crippen LogP contribution in [0.1, 0.15) is 24.5 Å². The molecule has 33 heavy (non-hydrogen) atoms. The Morgan fingerprint density at radius 1 is 1.18 bits per heavy atom. The molecule has 1 saturated heterocycles. The lowest BCUT2D eigenvalue weighted by atomic mass is 10.1. The van der Waals surface area contributed by atoms with Crippen molar-refractivity contribution >= 4 is 28.4 Å². The number of aryl methyl sites for hydroxylation is 1. The Bertz CT molecular complexity index is 1220. The number of rotatable bonds is 6. The minimum Gasteiger partial charge on any atom is -0.368 e. The van der Waals surface area contributed by atoms with Gasteiger partial charge < -0.3 is 15.2 Å². The van der Waals surface area contributed by atoms with Gasteiger partial charge in [-0.3, -0.25) is 19.5 Å². The fraction of sp³-hybridized carbons (Fsp3) is 0.417. The molecule has 8 nitrogen and oxygen atoms in total. The minimum absolute atomic E-state index is 0.0455. The molecule has 5 rings (SSSR count). The molecule has 4 heterocycles. The van der Waals surface area contributed by atoms with E-state index in [4.69, 9.17) is 0 Å². The average Bonchev–Trinajstić information content (AvgIpc) is 3.56. The van der Waals surface area contributed by atoms with Crippen molar-refractivity contribution in [2.45, 2.75) is 32.5 Å². The highest BCUT2D eigenvalue weighted by molar-refractivity contribution is 5.94. The van der Waals surface area contributed by atoms with Crippen molar-refractivity contribution in [3.8, 4) is 0 Å². The molecule has 0 bridgehead atoms. The smallest absolute Gasteiger partial charge is 0.251 e. The van der Waals surface area contributed by atoms with E-state index in [1.165, 1.54) is 0 Å². The second-order valence-electron chi connectivity index (χ2n) is 8.77. The molecule has 1 saturated carbocycles. The van der Waals surface area contributed by atoms with Crippen molar-refractivity contribution in [1.82, 2.24) is 19.9 Å². The van der Waals surface area contributed by atoms with Crippen molar-refractivity contribution in [2.24, 2.45) is 5.92 Å². The van der Waals surface area contributed by atoms with Gasteiger partial charge in [0.25, 0.3) is 5.56 Å². The maximum atomic E-state index is 13.0. The lowest BCUT2D eigenvalue weighted by Gasteiger charge is -2.36. The quantitative estimate of drug-likeness (QED) is 0.599. The Balaban J connectivity index is 1.16. The number of aromatic amines is 1. The van der Waals surface area contributed by atoms with Crippen molar-refractivity contribution in [3.05, 3.63) is 58.1 Å². The van der Waals surface area contributed by atoms with Crippen molar-refractivity contribution < 1.29 is 9.18 Å². The summed E-state index contributed by atoms with van der Waals surface area (Å²) < 4.78 is 13.0. The van der Waals surface area contributed by atoms with E-state index in [0.29, 0.717) is 18.7 Å². The predicted molar refractivity (Wildman–Crippen MR) is 125 cm³/mol. The molecule has 1 amide bonds. The second kappa shape index (κ2) is 8.90. The molecule has 0 unspecified atom stereocenters. The topological polar surface area (TPSA) is 94.2 Å². The number of hydrogen-bond acceptors (Lipinski definition) is 6. The molecular weight excluding hydrogens is 423 g/mol. The zero-order valence-electron chi connectivity index (χ0n) is 18.6. The number of amides is 1. The molecule has 2 atom stereocenters. The molecule has 3 aromatic heterocycles. The van der Waals surface area contributed by atoms with Crippen LogP contribution in [0.5, 0.6) is 0 Å². The molecule has 9 heteroatoms. The summed E-state index contributed by atoms with van der Waals surface area (Å²) in [4.78, 5) is 40.4. The largest absolute Gasteiger partial charge is 0.368 e. The normalized spacial score (nSPS) is 20.7. The maximum absolute atomic E-state index is 13.0. The first-order chi connectivity index (χ1) is 16.0. The summed E-state index contributed by atoms with van der Waals surface area (Å²) in [5.41, 5.74) is 4.36. The molecular formula is C24H27FN6O2. The van der Waals surface area contributed by atoms with Gasteiger partial charge in [-0.05, 0) is 42.7 Å². The van der Waals surface area contributed by atoms with E-state index < -0.39 is 12.1 Å². The van der Waals surface area contributed by atoms with Crippen LogP contribution < -0.4 is 15.8 Å². The van der Waals surface area contributed by atoms with Gasteiger partial charge in [0.2, 0.25) is 5.91 Å². The van der Waals surface area contributed by atoms with Gasteiger partial charge in [0.1, 0.15) is 12.0 Å². The average molecular weight is 451 g/mol. The van der Waals surface area contributed by atoms with Crippen molar-refractivity contribution in [1.29, 1.82) is 0 Å². The number of carbonyl (C=O) groups is 1. The number of fused-ring (bicyclic) bond motifs is 1. The Morgan fingerprint density at radius 2 is 1.97 bits per heavy atom. The van der Waals surface area contributed by atoms with Gasteiger partial charge in [0.15, 0.2) is 0 Å². The molecule has 1 aliphatic heterocycles. The van der Waals surface area contributed by atoms with Crippen LogP contribution in [0.2, 0.25) is 0 Å². The number of H-pyrrole nitrogens is 1. The number of aromatic nitrogens is 3. The van der Waals surface area contributed by atoms with Crippen LogP contribution in [0, 0.1) is 5.92 Å². The second-order valence-corrected chi connectivity index (χ2v) is 8.77. The summed E-state index contributed by atoms with van der Waals surface area (Å²) in [5, 5.41) is 2.68. The molecule has 2 fully saturated rings. The molecule has 0 aromatic carbocycles. The summed E-state index contributed by atoms with van der Waals surface area (Å²) in [6, 6.07) is 7.58. The van der Waals surface area contributed by atoms with Gasteiger partial charge in [-0.2, -0.15) is 0 Å². The third-order valence-electron chi connectivity index (χ3n) is 6.40. The zero-order valence-corrected chi connectivity index (χ0v) is 18.6. The van der Waals surface area contributed by atoms with E-state index in [1.54, 1.807) is 12.3 Å².